The van der Waals surface area contributed by atoms with E-state index in [4.69, 9.17) is 4.99 Å². The fraction of sp³-hybridized carbons (Fsp3) is 0.133. The number of hydrogen-bond acceptors (Lipinski definition) is 2. The minimum Gasteiger partial charge on any atom is -0.329 e. The van der Waals surface area contributed by atoms with Crippen LogP contribution in [-0.4, -0.2) is 25.6 Å². The van der Waals surface area contributed by atoms with Crippen LogP contribution in [0.4, 0.5) is 0 Å². The van der Waals surface area contributed by atoms with E-state index in [2.05, 4.69) is 156 Å². The summed E-state index contributed by atoms with van der Waals surface area (Å²) in [6, 6.07) is 49.0. The topological polar surface area (TPSA) is 39.3 Å². The van der Waals surface area contributed by atoms with Crippen molar-refractivity contribution in [3.8, 4) is 5.69 Å². The molecule has 2 aromatic heterocycles. The van der Waals surface area contributed by atoms with Gasteiger partial charge < -0.3 is 9.13 Å². The highest BCUT2D eigenvalue weighted by Crippen LogP contribution is 2.43. The number of rotatable bonds is 4. The molecule has 0 saturated carbocycles. The van der Waals surface area contributed by atoms with E-state index in [1.165, 1.54) is 22.4 Å². The molecular formula is C45H35N3OS. The van der Waals surface area contributed by atoms with Gasteiger partial charge in [0.25, 0.3) is 0 Å². The Morgan fingerprint density at radius 1 is 0.660 bits per heavy atom. The molecule has 8 aromatic rings. The predicted octanol–water partition coefficient (Wildman–Crippen LogP) is 10.5. The summed E-state index contributed by atoms with van der Waals surface area (Å²) < 4.78 is 19.2. The number of hydrogen-bond donors (Lipinski definition) is 0. The molecule has 0 fully saturated rings. The van der Waals surface area contributed by atoms with Crippen LogP contribution < -0.4 is 0 Å². The van der Waals surface area contributed by atoms with Crippen molar-refractivity contribution in [2.24, 2.45) is 10.9 Å². The number of fused-ring (bicyclic) bond motifs is 9. The SMILES string of the molecule is CC1Cc2ccccc2C2=CC(C)(n3c4ccccc4c4cc(S(=O)c5ccc6c(c5)c5ccccc5n6-c5ccccc5)ccc43)CN=C21. The Kier molecular flexibility index (Phi) is 6.46. The highest BCUT2D eigenvalue weighted by Gasteiger charge is 2.36. The zero-order chi connectivity index (χ0) is 33.6. The van der Waals surface area contributed by atoms with Crippen molar-refractivity contribution in [1.82, 2.24) is 9.13 Å². The number of allylic oxidation sites excluding steroid dienone is 1. The van der Waals surface area contributed by atoms with Gasteiger partial charge in [0.2, 0.25) is 0 Å². The minimum atomic E-state index is -1.37. The fourth-order valence-electron chi connectivity index (χ4n) is 8.60. The Balaban J connectivity index is 1.10. The Morgan fingerprint density at radius 2 is 1.24 bits per heavy atom. The quantitative estimate of drug-likeness (QED) is 0.184. The van der Waals surface area contributed by atoms with Gasteiger partial charge in [-0.05, 0) is 91.2 Å². The van der Waals surface area contributed by atoms with Crippen LogP contribution in [0.3, 0.4) is 0 Å². The lowest BCUT2D eigenvalue weighted by Crippen LogP contribution is -2.37. The third-order valence-corrected chi connectivity index (χ3v) is 12.2. The molecule has 0 spiro atoms. The zero-order valence-electron chi connectivity index (χ0n) is 28.0. The molecule has 10 rings (SSSR count). The van der Waals surface area contributed by atoms with Crippen molar-refractivity contribution in [3.63, 3.8) is 0 Å². The molecule has 3 unspecified atom stereocenters. The highest BCUT2D eigenvalue weighted by atomic mass is 32.2. The van der Waals surface area contributed by atoms with Crippen LogP contribution >= 0.6 is 0 Å². The predicted molar refractivity (Wildman–Crippen MR) is 208 cm³/mol. The third kappa shape index (κ3) is 4.29. The van der Waals surface area contributed by atoms with Crippen molar-refractivity contribution >= 4 is 65.7 Å². The van der Waals surface area contributed by atoms with Crippen LogP contribution in [0.1, 0.15) is 25.0 Å². The zero-order valence-corrected chi connectivity index (χ0v) is 28.8. The number of para-hydroxylation sites is 3. The van der Waals surface area contributed by atoms with E-state index >= 15 is 0 Å². The first-order valence-electron chi connectivity index (χ1n) is 17.4. The Morgan fingerprint density at radius 3 is 2.02 bits per heavy atom. The number of dihydropyridines is 1. The third-order valence-electron chi connectivity index (χ3n) is 10.8. The molecule has 50 heavy (non-hydrogen) atoms. The van der Waals surface area contributed by atoms with Gasteiger partial charge in [0.1, 0.15) is 0 Å². The molecule has 5 heteroatoms. The number of aromatic nitrogens is 2. The summed E-state index contributed by atoms with van der Waals surface area (Å²) in [6.45, 7) is 5.28. The summed E-state index contributed by atoms with van der Waals surface area (Å²) in [7, 11) is -1.37. The summed E-state index contributed by atoms with van der Waals surface area (Å²) in [5.41, 5.74) is 10.5. The monoisotopic (exact) mass is 665 g/mol. The van der Waals surface area contributed by atoms with Gasteiger partial charge in [0.05, 0.1) is 39.4 Å². The van der Waals surface area contributed by atoms with Gasteiger partial charge in [-0.15, -0.1) is 0 Å². The summed E-state index contributed by atoms with van der Waals surface area (Å²) >= 11 is 0. The van der Waals surface area contributed by atoms with Crippen LogP contribution in [0.2, 0.25) is 0 Å². The first-order valence-corrected chi connectivity index (χ1v) is 18.5. The second-order valence-corrected chi connectivity index (χ2v) is 15.5. The Bertz CT molecular complexity index is 2770. The molecule has 0 radical (unpaired) electrons. The van der Waals surface area contributed by atoms with Crippen LogP contribution in [0.25, 0.3) is 54.9 Å². The van der Waals surface area contributed by atoms with Crippen molar-refractivity contribution in [2.75, 3.05) is 6.54 Å². The molecule has 6 aromatic carbocycles. The summed E-state index contributed by atoms with van der Waals surface area (Å²) in [5.74, 6) is 0.394. The first-order chi connectivity index (χ1) is 24.5. The first kappa shape index (κ1) is 29.4. The van der Waals surface area contributed by atoms with Gasteiger partial charge >= 0.3 is 0 Å². The van der Waals surface area contributed by atoms with Gasteiger partial charge in [-0.3, -0.25) is 4.99 Å². The lowest BCUT2D eigenvalue weighted by Gasteiger charge is -2.37. The molecule has 0 saturated heterocycles. The van der Waals surface area contributed by atoms with E-state index in [1.54, 1.807) is 0 Å². The molecule has 4 nitrogen and oxygen atoms in total. The Labute approximate surface area is 293 Å². The summed E-state index contributed by atoms with van der Waals surface area (Å²) in [5, 5.41) is 4.53. The molecular weight excluding hydrogens is 631 g/mol. The van der Waals surface area contributed by atoms with E-state index in [0.29, 0.717) is 12.5 Å². The average molecular weight is 666 g/mol. The van der Waals surface area contributed by atoms with E-state index in [0.717, 1.165) is 65.5 Å². The summed E-state index contributed by atoms with van der Waals surface area (Å²) in [6.07, 6.45) is 3.49. The van der Waals surface area contributed by atoms with Crippen LogP contribution in [0.15, 0.2) is 160 Å². The fourth-order valence-corrected chi connectivity index (χ4v) is 9.70. The van der Waals surface area contributed by atoms with E-state index in [1.807, 2.05) is 12.1 Å². The molecule has 0 amide bonds. The molecule has 3 heterocycles. The second-order valence-electron chi connectivity index (χ2n) is 14.0. The van der Waals surface area contributed by atoms with Crippen LogP contribution in [0, 0.1) is 5.92 Å². The highest BCUT2D eigenvalue weighted by molar-refractivity contribution is 7.85. The second kappa shape index (κ2) is 11.0. The lowest BCUT2D eigenvalue weighted by molar-refractivity contribution is 0.444. The minimum absolute atomic E-state index is 0.372. The molecule has 2 aliphatic rings. The number of aliphatic imine (C=N–C) groups is 1. The van der Waals surface area contributed by atoms with Gasteiger partial charge in [0.15, 0.2) is 0 Å². The molecule has 0 bridgehead atoms. The largest absolute Gasteiger partial charge is 0.329 e. The van der Waals surface area contributed by atoms with E-state index in [-0.39, 0.29) is 5.54 Å². The van der Waals surface area contributed by atoms with Crippen LogP contribution in [0.5, 0.6) is 0 Å². The number of benzene rings is 6. The smallest absolute Gasteiger partial charge is 0.0850 e. The maximum absolute atomic E-state index is 14.4. The van der Waals surface area contributed by atoms with Gasteiger partial charge in [-0.25, -0.2) is 4.21 Å². The van der Waals surface area contributed by atoms with Gasteiger partial charge in [0, 0.05) is 59.7 Å². The Hall–Kier alpha value is -5.52. The normalized spacial score (nSPS) is 19.4. The molecule has 1 aliphatic heterocycles. The summed E-state index contributed by atoms with van der Waals surface area (Å²) in [4.78, 5) is 6.88. The van der Waals surface area contributed by atoms with E-state index in [9.17, 15) is 4.21 Å². The molecule has 1 aliphatic carbocycles. The van der Waals surface area contributed by atoms with Crippen molar-refractivity contribution < 1.29 is 4.21 Å². The average Bonchev–Trinajstić information content (AvgIpc) is 3.67. The molecule has 242 valence electrons. The van der Waals surface area contributed by atoms with Crippen LogP contribution in [-0.2, 0) is 22.8 Å². The molecule has 3 atom stereocenters. The van der Waals surface area contributed by atoms with E-state index < -0.39 is 10.8 Å². The van der Waals surface area contributed by atoms with Crippen molar-refractivity contribution in [3.05, 3.63) is 157 Å². The van der Waals surface area contributed by atoms with Crippen molar-refractivity contribution in [1.29, 1.82) is 0 Å². The van der Waals surface area contributed by atoms with Gasteiger partial charge in [-0.1, -0.05) is 85.8 Å². The maximum Gasteiger partial charge on any atom is 0.0850 e. The number of nitrogens with zero attached hydrogens (tertiary/aromatic N) is 3. The standard InChI is InChI=1S/C45H35N3OS/c1-29-24-30-12-6-7-15-34(30)39-27-45(2,28-46-44(29)39)48-42-19-11-9-17-36(42)38-26-33(21-23-43(38)48)50(49)32-20-22-41-37(25-32)35-16-8-10-18-40(35)47(41)31-13-4-3-5-14-31/h3-23,25-27,29H,24,28H2,1-2H3. The van der Waals surface area contributed by atoms with Gasteiger partial charge in [-0.2, -0.15) is 0 Å². The molecule has 0 N–H and O–H groups in total. The van der Waals surface area contributed by atoms with Crippen molar-refractivity contribution in [2.45, 2.75) is 35.6 Å². The lowest BCUT2D eigenvalue weighted by atomic mass is 9.76. The maximum atomic E-state index is 14.4.